The zero-order valence-electron chi connectivity index (χ0n) is 14.1. The molecule has 1 spiro atoms. The standard InChI is InChI=1S/C18H27F2NO3/c19-18(20)7-14(8-18)16(22)21-5-3-17(4-6-21)9-15(24-12-17)11-23-10-13-1-2-13/h13-15H,1-12H2. The van der Waals surface area contributed by atoms with Crippen molar-refractivity contribution in [1.82, 2.24) is 4.90 Å². The second-order valence-electron chi connectivity index (χ2n) is 8.40. The maximum Gasteiger partial charge on any atom is 0.249 e. The third-order valence-electron chi connectivity index (χ3n) is 6.22. The van der Waals surface area contributed by atoms with Crippen molar-refractivity contribution in [2.75, 3.05) is 32.9 Å². The predicted molar refractivity (Wildman–Crippen MR) is 83.8 cm³/mol. The van der Waals surface area contributed by atoms with Gasteiger partial charge in [-0.2, -0.15) is 0 Å². The first kappa shape index (κ1) is 16.7. The Morgan fingerprint density at radius 3 is 2.46 bits per heavy atom. The monoisotopic (exact) mass is 343 g/mol. The van der Waals surface area contributed by atoms with Gasteiger partial charge in [0.25, 0.3) is 0 Å². The number of piperidine rings is 1. The molecular formula is C18H27F2NO3. The van der Waals surface area contributed by atoms with Crippen LogP contribution in [0.3, 0.4) is 0 Å². The van der Waals surface area contributed by atoms with Gasteiger partial charge in [0.15, 0.2) is 0 Å². The highest BCUT2D eigenvalue weighted by Crippen LogP contribution is 2.46. The molecule has 1 amide bonds. The van der Waals surface area contributed by atoms with Crippen molar-refractivity contribution in [3.05, 3.63) is 0 Å². The molecule has 1 atom stereocenters. The normalized spacial score (nSPS) is 32.1. The molecule has 4 nitrogen and oxygen atoms in total. The quantitative estimate of drug-likeness (QED) is 0.770. The largest absolute Gasteiger partial charge is 0.378 e. The molecule has 2 saturated heterocycles. The molecule has 0 N–H and O–H groups in total. The summed E-state index contributed by atoms with van der Waals surface area (Å²) in [6.45, 7) is 3.65. The Hall–Kier alpha value is -0.750. The van der Waals surface area contributed by atoms with Gasteiger partial charge in [-0.25, -0.2) is 8.78 Å². The Balaban J connectivity index is 1.20. The zero-order chi connectivity index (χ0) is 16.8. The summed E-state index contributed by atoms with van der Waals surface area (Å²) >= 11 is 0. The highest BCUT2D eigenvalue weighted by Gasteiger charge is 2.51. The molecule has 2 saturated carbocycles. The first-order chi connectivity index (χ1) is 11.4. The van der Waals surface area contributed by atoms with Gasteiger partial charge in [-0.3, -0.25) is 4.79 Å². The average molecular weight is 343 g/mol. The molecule has 2 heterocycles. The van der Waals surface area contributed by atoms with Gasteiger partial charge in [-0.15, -0.1) is 0 Å². The van der Waals surface area contributed by atoms with Crippen LogP contribution in [0, 0.1) is 17.3 Å². The van der Waals surface area contributed by atoms with Gasteiger partial charge in [-0.05, 0) is 43.4 Å². The summed E-state index contributed by atoms with van der Waals surface area (Å²) in [7, 11) is 0. The molecule has 0 aromatic carbocycles. The molecule has 0 radical (unpaired) electrons. The van der Waals surface area contributed by atoms with E-state index >= 15 is 0 Å². The number of amides is 1. The Morgan fingerprint density at radius 1 is 1.12 bits per heavy atom. The lowest BCUT2D eigenvalue weighted by molar-refractivity contribution is -0.161. The van der Waals surface area contributed by atoms with Gasteiger partial charge in [0.2, 0.25) is 11.8 Å². The van der Waals surface area contributed by atoms with Crippen LogP contribution in [0.2, 0.25) is 0 Å². The van der Waals surface area contributed by atoms with E-state index in [9.17, 15) is 13.6 Å². The summed E-state index contributed by atoms with van der Waals surface area (Å²) in [5, 5.41) is 0. The number of nitrogens with zero attached hydrogens (tertiary/aromatic N) is 1. The summed E-state index contributed by atoms with van der Waals surface area (Å²) in [6, 6.07) is 0. The van der Waals surface area contributed by atoms with Gasteiger partial charge in [0.1, 0.15) is 0 Å². The lowest BCUT2D eigenvalue weighted by Gasteiger charge is -2.42. The van der Waals surface area contributed by atoms with Gasteiger partial charge in [0, 0.05) is 38.5 Å². The molecule has 4 rings (SSSR count). The number of carbonyl (C=O) groups is 1. The number of likely N-dealkylation sites (tertiary alicyclic amines) is 1. The molecule has 4 aliphatic rings. The van der Waals surface area contributed by atoms with E-state index in [1.165, 1.54) is 12.8 Å². The summed E-state index contributed by atoms with van der Waals surface area (Å²) in [6.07, 6.45) is 5.08. The van der Waals surface area contributed by atoms with E-state index in [1.54, 1.807) is 4.90 Å². The fourth-order valence-electron chi connectivity index (χ4n) is 4.30. The maximum absolute atomic E-state index is 13.0. The topological polar surface area (TPSA) is 38.8 Å². The summed E-state index contributed by atoms with van der Waals surface area (Å²) in [5.41, 5.74) is 0.161. The van der Waals surface area contributed by atoms with E-state index in [4.69, 9.17) is 9.47 Å². The minimum atomic E-state index is -2.62. The molecule has 2 aliphatic carbocycles. The fourth-order valence-corrected chi connectivity index (χ4v) is 4.30. The molecule has 4 fully saturated rings. The van der Waals surface area contributed by atoms with Crippen LogP contribution in [-0.2, 0) is 14.3 Å². The minimum Gasteiger partial charge on any atom is -0.378 e. The van der Waals surface area contributed by atoms with Crippen molar-refractivity contribution in [1.29, 1.82) is 0 Å². The van der Waals surface area contributed by atoms with Crippen molar-refractivity contribution < 1.29 is 23.0 Å². The van der Waals surface area contributed by atoms with Crippen LogP contribution in [0.1, 0.15) is 44.9 Å². The van der Waals surface area contributed by atoms with Crippen LogP contribution in [0.5, 0.6) is 0 Å². The van der Waals surface area contributed by atoms with Gasteiger partial charge < -0.3 is 14.4 Å². The first-order valence-electron chi connectivity index (χ1n) is 9.31. The van der Waals surface area contributed by atoms with E-state index < -0.39 is 11.8 Å². The number of alkyl halides is 2. The minimum absolute atomic E-state index is 0.0704. The zero-order valence-corrected chi connectivity index (χ0v) is 14.1. The predicted octanol–water partition coefficient (Wildman–Crippen LogP) is 2.86. The Kier molecular flexibility index (Phi) is 4.32. The van der Waals surface area contributed by atoms with Crippen LogP contribution >= 0.6 is 0 Å². The van der Waals surface area contributed by atoms with Gasteiger partial charge in [-0.1, -0.05) is 0 Å². The SMILES string of the molecule is O=C(C1CC(F)(F)C1)N1CCC2(CC1)COC(COCC1CC1)C2. The van der Waals surface area contributed by atoms with Crippen molar-refractivity contribution in [3.8, 4) is 0 Å². The molecule has 1 unspecified atom stereocenters. The number of ether oxygens (including phenoxy) is 2. The van der Waals surface area contributed by atoms with Crippen molar-refractivity contribution in [2.45, 2.75) is 57.0 Å². The summed E-state index contributed by atoms with van der Waals surface area (Å²) in [4.78, 5) is 14.1. The molecule has 0 aromatic rings. The van der Waals surface area contributed by atoms with Crippen LogP contribution in [-0.4, -0.2) is 55.7 Å². The fraction of sp³-hybridized carbons (Fsp3) is 0.944. The van der Waals surface area contributed by atoms with E-state index in [0.717, 1.165) is 38.4 Å². The lowest BCUT2D eigenvalue weighted by atomic mass is 9.75. The second-order valence-corrected chi connectivity index (χ2v) is 8.40. The number of halogens is 2. The van der Waals surface area contributed by atoms with E-state index in [1.807, 2.05) is 0 Å². The molecule has 0 aromatic heterocycles. The number of hydrogen-bond acceptors (Lipinski definition) is 3. The van der Waals surface area contributed by atoms with Gasteiger partial charge in [0.05, 0.1) is 19.3 Å². The second kappa shape index (κ2) is 6.20. The molecule has 0 bridgehead atoms. The van der Waals surface area contributed by atoms with E-state index in [0.29, 0.717) is 19.7 Å². The highest BCUT2D eigenvalue weighted by atomic mass is 19.3. The Morgan fingerprint density at radius 2 is 1.83 bits per heavy atom. The first-order valence-corrected chi connectivity index (χ1v) is 9.31. The van der Waals surface area contributed by atoms with Crippen molar-refractivity contribution >= 4 is 5.91 Å². The third-order valence-corrected chi connectivity index (χ3v) is 6.22. The van der Waals surface area contributed by atoms with Crippen LogP contribution < -0.4 is 0 Å². The van der Waals surface area contributed by atoms with Crippen LogP contribution in [0.15, 0.2) is 0 Å². The van der Waals surface area contributed by atoms with E-state index in [-0.39, 0.29) is 30.3 Å². The molecule has 6 heteroatoms. The molecular weight excluding hydrogens is 316 g/mol. The van der Waals surface area contributed by atoms with Crippen molar-refractivity contribution in [2.24, 2.45) is 17.3 Å². The maximum atomic E-state index is 13.0. The number of hydrogen-bond donors (Lipinski definition) is 0. The van der Waals surface area contributed by atoms with Crippen molar-refractivity contribution in [3.63, 3.8) is 0 Å². The van der Waals surface area contributed by atoms with E-state index in [2.05, 4.69) is 0 Å². The highest BCUT2D eigenvalue weighted by molar-refractivity contribution is 5.80. The molecule has 2 aliphatic heterocycles. The Labute approximate surface area is 141 Å². The smallest absolute Gasteiger partial charge is 0.249 e. The third kappa shape index (κ3) is 3.59. The molecule has 136 valence electrons. The van der Waals surface area contributed by atoms with Gasteiger partial charge >= 0.3 is 0 Å². The van der Waals surface area contributed by atoms with Crippen LogP contribution in [0.25, 0.3) is 0 Å². The average Bonchev–Trinajstić information content (AvgIpc) is 3.27. The summed E-state index contributed by atoms with van der Waals surface area (Å²) in [5.74, 6) is -2.38. The lowest BCUT2D eigenvalue weighted by Crippen LogP contribution is -2.50. The summed E-state index contributed by atoms with van der Waals surface area (Å²) < 4.78 is 37.6. The number of rotatable bonds is 5. The van der Waals surface area contributed by atoms with Crippen LogP contribution in [0.4, 0.5) is 8.78 Å². The number of carbonyl (C=O) groups excluding carboxylic acids is 1. The molecule has 24 heavy (non-hydrogen) atoms. The Bertz CT molecular complexity index is 479.